The van der Waals surface area contributed by atoms with Gasteiger partial charge in [-0.25, -0.2) is 4.79 Å². The van der Waals surface area contributed by atoms with Gasteiger partial charge >= 0.3 is 5.97 Å². The van der Waals surface area contributed by atoms with E-state index in [0.29, 0.717) is 18.9 Å². The minimum Gasteiger partial charge on any atom is -0.476 e. The average Bonchev–Trinajstić information content (AvgIpc) is 3.48. The Balaban J connectivity index is 1.56. The summed E-state index contributed by atoms with van der Waals surface area (Å²) in [6.45, 7) is 10.4. The van der Waals surface area contributed by atoms with Crippen LogP contribution in [0.15, 0.2) is 47.5 Å². The number of amidine groups is 1. The van der Waals surface area contributed by atoms with Crippen molar-refractivity contribution in [2.24, 2.45) is 4.99 Å². The van der Waals surface area contributed by atoms with Gasteiger partial charge in [0.05, 0.1) is 13.2 Å². The Morgan fingerprint density at radius 2 is 1.84 bits per heavy atom. The molecule has 1 spiro atoms. The summed E-state index contributed by atoms with van der Waals surface area (Å²) >= 11 is 0. The molecule has 204 valence electrons. The van der Waals surface area contributed by atoms with Crippen molar-refractivity contribution < 1.29 is 19.1 Å². The second kappa shape index (κ2) is 11.7. The van der Waals surface area contributed by atoms with Gasteiger partial charge < -0.3 is 9.47 Å². The molecule has 0 aromatic heterocycles. The van der Waals surface area contributed by atoms with Crippen LogP contribution in [0.2, 0.25) is 0 Å². The van der Waals surface area contributed by atoms with Crippen LogP contribution in [0.25, 0.3) is 11.1 Å². The van der Waals surface area contributed by atoms with E-state index < -0.39 is 11.1 Å². The summed E-state index contributed by atoms with van der Waals surface area (Å²) in [5.41, 5.74) is 2.89. The van der Waals surface area contributed by atoms with Crippen molar-refractivity contribution in [2.45, 2.75) is 104 Å². The topological polar surface area (TPSA) is 68.2 Å². The van der Waals surface area contributed by atoms with Gasteiger partial charge in [-0.2, -0.15) is 0 Å². The van der Waals surface area contributed by atoms with E-state index in [-0.39, 0.29) is 11.9 Å². The number of benzene rings is 2. The summed E-state index contributed by atoms with van der Waals surface area (Å²) in [4.78, 5) is 32.9. The number of hydrogen-bond donors (Lipinski definition) is 0. The van der Waals surface area contributed by atoms with E-state index in [1.165, 1.54) is 5.56 Å². The Kier molecular flexibility index (Phi) is 8.59. The second-order valence-corrected chi connectivity index (χ2v) is 11.0. The Labute approximate surface area is 227 Å². The first kappa shape index (κ1) is 27.9. The van der Waals surface area contributed by atoms with E-state index in [4.69, 9.17) is 14.5 Å². The minimum atomic E-state index is -1.08. The molecule has 1 saturated carbocycles. The molecule has 4 rings (SSSR count). The number of carbonyl (C=O) groups is 2. The first-order valence-electron chi connectivity index (χ1n) is 14.2. The molecule has 38 heavy (non-hydrogen) atoms. The van der Waals surface area contributed by atoms with Gasteiger partial charge in [0, 0.05) is 6.42 Å². The van der Waals surface area contributed by atoms with Crippen LogP contribution in [0.4, 0.5) is 0 Å². The second-order valence-electron chi connectivity index (χ2n) is 11.0. The van der Waals surface area contributed by atoms with E-state index in [0.717, 1.165) is 73.9 Å². The number of esters is 1. The molecule has 2 aromatic rings. The fourth-order valence-electron chi connectivity index (χ4n) is 5.57. The summed E-state index contributed by atoms with van der Waals surface area (Å²) in [5, 5.41) is 0. The highest BCUT2D eigenvalue weighted by molar-refractivity contribution is 6.08. The molecule has 2 aliphatic rings. The van der Waals surface area contributed by atoms with Crippen molar-refractivity contribution in [1.29, 1.82) is 0 Å². The van der Waals surface area contributed by atoms with Gasteiger partial charge in [0.25, 0.3) is 5.91 Å². The number of rotatable bonds is 11. The highest BCUT2D eigenvalue weighted by Gasteiger charge is 2.49. The van der Waals surface area contributed by atoms with Crippen molar-refractivity contribution in [2.75, 3.05) is 6.61 Å². The quantitative estimate of drug-likeness (QED) is 0.304. The molecule has 2 aromatic carbocycles. The number of aryl methyl sites for hydroxylation is 1. The lowest BCUT2D eigenvalue weighted by Gasteiger charge is -2.24. The number of aliphatic imine (C=N–C) groups is 1. The van der Waals surface area contributed by atoms with Crippen LogP contribution < -0.4 is 4.74 Å². The summed E-state index contributed by atoms with van der Waals surface area (Å²) in [6, 6.07) is 14.3. The molecule has 1 aliphatic carbocycles. The molecule has 1 fully saturated rings. The lowest BCUT2D eigenvalue weighted by Crippen LogP contribution is -2.40. The normalized spacial score (nSPS) is 16.7. The predicted octanol–water partition coefficient (Wildman–Crippen LogP) is 6.88. The van der Waals surface area contributed by atoms with Crippen LogP contribution in [0.3, 0.4) is 0 Å². The van der Waals surface area contributed by atoms with Gasteiger partial charge in [0.2, 0.25) is 0 Å². The fourth-order valence-corrected chi connectivity index (χ4v) is 5.57. The van der Waals surface area contributed by atoms with Crippen molar-refractivity contribution in [3.63, 3.8) is 0 Å². The van der Waals surface area contributed by atoms with E-state index in [1.54, 1.807) is 20.8 Å². The highest BCUT2D eigenvalue weighted by atomic mass is 16.6. The lowest BCUT2D eigenvalue weighted by atomic mass is 9.95. The zero-order chi connectivity index (χ0) is 27.3. The lowest BCUT2D eigenvalue weighted by molar-refractivity contribution is -0.158. The van der Waals surface area contributed by atoms with Crippen LogP contribution in [0.5, 0.6) is 5.75 Å². The number of amides is 1. The average molecular weight is 519 g/mol. The van der Waals surface area contributed by atoms with Crippen LogP contribution in [-0.2, 0) is 27.3 Å². The van der Waals surface area contributed by atoms with Crippen molar-refractivity contribution >= 4 is 17.7 Å². The third kappa shape index (κ3) is 5.79. The van der Waals surface area contributed by atoms with E-state index in [9.17, 15) is 9.59 Å². The van der Waals surface area contributed by atoms with E-state index in [2.05, 4.69) is 38.1 Å². The molecule has 0 bridgehead atoms. The molecule has 0 unspecified atom stereocenters. The van der Waals surface area contributed by atoms with Gasteiger partial charge in [-0.05, 0) is 80.8 Å². The molecule has 0 N–H and O–H groups in total. The molecule has 6 nitrogen and oxygen atoms in total. The predicted molar refractivity (Wildman–Crippen MR) is 151 cm³/mol. The van der Waals surface area contributed by atoms with E-state index in [1.807, 2.05) is 23.1 Å². The molecule has 0 radical (unpaired) electrons. The van der Waals surface area contributed by atoms with Crippen molar-refractivity contribution in [3.8, 4) is 16.9 Å². The monoisotopic (exact) mass is 518 g/mol. The SMILES string of the molecule is CCCCC1=NC2(CCCC2)C(=O)N1Cc1ccc(-c2cccc(OC(C)(C)C(=O)OCC)c2)c(CC)c1. The van der Waals surface area contributed by atoms with Gasteiger partial charge in [-0.1, -0.05) is 63.4 Å². The van der Waals surface area contributed by atoms with Crippen LogP contribution in [0, 0.1) is 0 Å². The number of hydrogen-bond acceptors (Lipinski definition) is 5. The van der Waals surface area contributed by atoms with Gasteiger partial charge in [0.1, 0.15) is 17.1 Å². The maximum absolute atomic E-state index is 13.6. The zero-order valence-corrected chi connectivity index (χ0v) is 23.6. The van der Waals surface area contributed by atoms with Gasteiger partial charge in [-0.15, -0.1) is 0 Å². The number of unbranched alkanes of at least 4 members (excludes halogenated alkanes) is 1. The number of carbonyl (C=O) groups excluding carboxylic acids is 2. The molecule has 1 aliphatic heterocycles. The molecule has 1 amide bonds. The summed E-state index contributed by atoms with van der Waals surface area (Å²) in [6.07, 6.45) is 7.77. The van der Waals surface area contributed by atoms with Gasteiger partial charge in [0.15, 0.2) is 5.60 Å². The number of nitrogens with zero attached hydrogens (tertiary/aromatic N) is 2. The largest absolute Gasteiger partial charge is 0.476 e. The Morgan fingerprint density at radius 3 is 2.53 bits per heavy atom. The minimum absolute atomic E-state index is 0.192. The molecule has 1 heterocycles. The smallest absolute Gasteiger partial charge is 0.349 e. The number of ether oxygens (including phenoxy) is 2. The first-order valence-corrected chi connectivity index (χ1v) is 14.2. The molecule has 6 heteroatoms. The van der Waals surface area contributed by atoms with Crippen LogP contribution in [0.1, 0.15) is 90.7 Å². The van der Waals surface area contributed by atoms with Crippen LogP contribution in [-0.4, -0.2) is 40.4 Å². The molecule has 0 atom stereocenters. The third-order valence-electron chi connectivity index (χ3n) is 7.66. The maximum atomic E-state index is 13.6. The maximum Gasteiger partial charge on any atom is 0.349 e. The van der Waals surface area contributed by atoms with Gasteiger partial charge in [-0.3, -0.25) is 14.7 Å². The van der Waals surface area contributed by atoms with Crippen LogP contribution >= 0.6 is 0 Å². The Morgan fingerprint density at radius 1 is 1.08 bits per heavy atom. The Bertz CT molecular complexity index is 1190. The molecular weight excluding hydrogens is 476 g/mol. The van der Waals surface area contributed by atoms with Crippen molar-refractivity contribution in [1.82, 2.24) is 4.90 Å². The Hall–Kier alpha value is -3.15. The third-order valence-corrected chi connectivity index (χ3v) is 7.66. The summed E-state index contributed by atoms with van der Waals surface area (Å²) in [5.74, 6) is 1.39. The molecular formula is C32H42N2O4. The first-order chi connectivity index (χ1) is 18.2. The highest BCUT2D eigenvalue weighted by Crippen LogP contribution is 2.40. The zero-order valence-electron chi connectivity index (χ0n) is 23.6. The van der Waals surface area contributed by atoms with Crippen molar-refractivity contribution in [3.05, 3.63) is 53.6 Å². The standard InChI is InChI=1S/C32H42N2O4/c1-6-9-15-28-33-32(18-10-11-19-32)29(35)34(28)22-23-16-17-27(24(7-2)20-23)25-13-12-14-26(21-25)38-31(4,5)30(36)37-8-3/h12-14,16-17,20-21H,6-11,15,18-19,22H2,1-5H3. The fraction of sp³-hybridized carbons (Fsp3) is 0.531. The summed E-state index contributed by atoms with van der Waals surface area (Å²) < 4.78 is 11.2. The summed E-state index contributed by atoms with van der Waals surface area (Å²) in [7, 11) is 0. The van der Waals surface area contributed by atoms with E-state index >= 15 is 0 Å². The molecule has 0 saturated heterocycles.